The van der Waals surface area contributed by atoms with Crippen LogP contribution in [0.15, 0.2) is 5.16 Å². The van der Waals surface area contributed by atoms with E-state index in [4.69, 9.17) is 5.21 Å². The average Bonchev–Trinajstić information content (AvgIpc) is 1.84. The quantitative estimate of drug-likeness (QED) is 0.295. The molecule has 0 bridgehead atoms. The van der Waals surface area contributed by atoms with Crippen molar-refractivity contribution in [2.75, 3.05) is 5.33 Å². The molecule has 0 heterocycles. The lowest BCUT2D eigenvalue weighted by molar-refractivity contribution is -0.110. The van der Waals surface area contributed by atoms with Crippen molar-refractivity contribution in [2.45, 2.75) is 6.92 Å². The molecule has 46 valence electrons. The maximum Gasteiger partial charge on any atom is 0.190 e. The Hall–Kier alpha value is -0.380. The van der Waals surface area contributed by atoms with Crippen molar-refractivity contribution in [2.24, 2.45) is 5.16 Å². The Morgan fingerprint density at radius 2 is 2.38 bits per heavy atom. The van der Waals surface area contributed by atoms with E-state index in [0.717, 1.165) is 0 Å². The number of carbonyl (C=O) groups is 1. The van der Waals surface area contributed by atoms with E-state index in [2.05, 4.69) is 21.1 Å². The van der Waals surface area contributed by atoms with Gasteiger partial charge in [0.25, 0.3) is 0 Å². The minimum atomic E-state index is -0.201. The number of rotatable bonds is 2. The predicted molar refractivity (Wildman–Crippen MR) is 33.7 cm³/mol. The summed E-state index contributed by atoms with van der Waals surface area (Å²) in [6.07, 6.45) is 0. The zero-order valence-corrected chi connectivity index (χ0v) is 5.97. The highest BCUT2D eigenvalue weighted by Crippen LogP contribution is 1.84. The molecule has 0 aromatic rings. The molecule has 1 N–H and O–H groups in total. The Morgan fingerprint density at radius 1 is 1.88 bits per heavy atom. The number of alkyl halides is 1. The number of carbonyl (C=O) groups excluding carboxylic acids is 1. The SMILES string of the molecule is C/C(=N\O)C(=O)CBr. The Kier molecular flexibility index (Phi) is 3.43. The lowest BCUT2D eigenvalue weighted by Crippen LogP contribution is -2.10. The largest absolute Gasteiger partial charge is 0.411 e. The van der Waals surface area contributed by atoms with E-state index < -0.39 is 0 Å². The van der Waals surface area contributed by atoms with Crippen LogP contribution in [0.4, 0.5) is 0 Å². The molecule has 4 heteroatoms. The van der Waals surface area contributed by atoms with E-state index in [0.29, 0.717) is 0 Å². The molecule has 0 atom stereocenters. The van der Waals surface area contributed by atoms with Crippen LogP contribution in [0, 0.1) is 0 Å². The normalized spacial score (nSPS) is 11.5. The third kappa shape index (κ3) is 2.07. The van der Waals surface area contributed by atoms with E-state index in [9.17, 15) is 4.79 Å². The molecule has 0 spiro atoms. The van der Waals surface area contributed by atoms with E-state index in [1.54, 1.807) is 0 Å². The van der Waals surface area contributed by atoms with Gasteiger partial charge in [-0.3, -0.25) is 4.79 Å². The van der Waals surface area contributed by atoms with Crippen molar-refractivity contribution in [1.82, 2.24) is 0 Å². The van der Waals surface area contributed by atoms with Gasteiger partial charge in [-0.15, -0.1) is 0 Å². The van der Waals surface area contributed by atoms with Crippen molar-refractivity contribution in [3.63, 3.8) is 0 Å². The van der Waals surface area contributed by atoms with Gasteiger partial charge < -0.3 is 5.21 Å². The highest BCUT2D eigenvalue weighted by atomic mass is 79.9. The summed E-state index contributed by atoms with van der Waals surface area (Å²) in [5, 5.41) is 10.9. The Labute approximate surface area is 55.5 Å². The van der Waals surface area contributed by atoms with E-state index in [1.165, 1.54) is 6.92 Å². The lowest BCUT2D eigenvalue weighted by atomic mass is 10.3. The summed E-state index contributed by atoms with van der Waals surface area (Å²) in [6, 6.07) is 0. The number of oxime groups is 1. The maximum atomic E-state index is 10.4. The minimum Gasteiger partial charge on any atom is -0.411 e. The molecule has 0 aromatic heterocycles. The van der Waals surface area contributed by atoms with Crippen LogP contribution < -0.4 is 0 Å². The molecule has 0 aliphatic carbocycles. The van der Waals surface area contributed by atoms with Gasteiger partial charge in [0, 0.05) is 0 Å². The van der Waals surface area contributed by atoms with Gasteiger partial charge in [-0.2, -0.15) is 0 Å². The minimum absolute atomic E-state index is 0.127. The number of ketones is 1. The van der Waals surface area contributed by atoms with Crippen LogP contribution >= 0.6 is 15.9 Å². The van der Waals surface area contributed by atoms with Crippen molar-refractivity contribution >= 4 is 27.4 Å². The topological polar surface area (TPSA) is 49.7 Å². The predicted octanol–water partition coefficient (Wildman–Crippen LogP) is 0.800. The molecule has 0 saturated carbocycles. The summed E-state index contributed by atoms with van der Waals surface area (Å²) in [5.41, 5.74) is 0.127. The van der Waals surface area contributed by atoms with Crippen molar-refractivity contribution in [3.05, 3.63) is 0 Å². The van der Waals surface area contributed by atoms with Gasteiger partial charge in [-0.25, -0.2) is 0 Å². The van der Waals surface area contributed by atoms with Gasteiger partial charge in [0.15, 0.2) is 5.78 Å². The molecular formula is C4H6BrNO2. The average molecular weight is 180 g/mol. The fourth-order valence-corrected chi connectivity index (χ4v) is 0.558. The van der Waals surface area contributed by atoms with E-state index >= 15 is 0 Å². The monoisotopic (exact) mass is 179 g/mol. The van der Waals surface area contributed by atoms with Gasteiger partial charge in [0.05, 0.1) is 5.33 Å². The molecule has 3 nitrogen and oxygen atoms in total. The fourth-order valence-electron chi connectivity index (χ4n) is 0.152. The van der Waals surface area contributed by atoms with Crippen LogP contribution in [0.3, 0.4) is 0 Å². The molecule has 0 aliphatic heterocycles. The molecule has 0 rings (SSSR count). The van der Waals surface area contributed by atoms with Crippen LogP contribution in [0.25, 0.3) is 0 Å². The van der Waals surface area contributed by atoms with Gasteiger partial charge in [0.2, 0.25) is 0 Å². The molecule has 0 fully saturated rings. The molecule has 0 saturated heterocycles. The smallest absolute Gasteiger partial charge is 0.190 e. The maximum absolute atomic E-state index is 10.4. The van der Waals surface area contributed by atoms with E-state index in [1.807, 2.05) is 0 Å². The zero-order valence-electron chi connectivity index (χ0n) is 4.39. The number of Topliss-reactive ketones (excluding diaryl/α,β-unsaturated/α-hetero) is 1. The second kappa shape index (κ2) is 3.60. The van der Waals surface area contributed by atoms with Crippen LogP contribution in [0.5, 0.6) is 0 Å². The first kappa shape index (κ1) is 7.62. The fraction of sp³-hybridized carbons (Fsp3) is 0.500. The summed E-state index contributed by atoms with van der Waals surface area (Å²) >= 11 is 2.91. The lowest BCUT2D eigenvalue weighted by Gasteiger charge is -1.87. The summed E-state index contributed by atoms with van der Waals surface area (Å²) in [5.74, 6) is -0.201. The van der Waals surface area contributed by atoms with Gasteiger partial charge in [-0.1, -0.05) is 21.1 Å². The summed E-state index contributed by atoms with van der Waals surface area (Å²) in [7, 11) is 0. The summed E-state index contributed by atoms with van der Waals surface area (Å²) in [4.78, 5) is 10.4. The molecule has 0 radical (unpaired) electrons. The van der Waals surface area contributed by atoms with Gasteiger partial charge >= 0.3 is 0 Å². The summed E-state index contributed by atoms with van der Waals surface area (Å²) < 4.78 is 0. The third-order valence-corrected chi connectivity index (χ3v) is 1.18. The molecule has 0 unspecified atom stereocenters. The second-order valence-electron chi connectivity index (χ2n) is 1.24. The first-order valence-corrected chi connectivity index (χ1v) is 3.12. The van der Waals surface area contributed by atoms with Crippen molar-refractivity contribution < 1.29 is 10.0 Å². The second-order valence-corrected chi connectivity index (χ2v) is 1.80. The number of halogens is 1. The highest BCUT2D eigenvalue weighted by Gasteiger charge is 2.01. The van der Waals surface area contributed by atoms with Crippen LogP contribution in [0.2, 0.25) is 0 Å². The Bertz CT molecular complexity index is 121. The molecule has 0 aromatic carbocycles. The Balaban J connectivity index is 3.83. The van der Waals surface area contributed by atoms with Crippen LogP contribution in [0.1, 0.15) is 6.92 Å². The van der Waals surface area contributed by atoms with Gasteiger partial charge in [-0.05, 0) is 6.92 Å². The van der Waals surface area contributed by atoms with Crippen LogP contribution in [-0.4, -0.2) is 22.0 Å². The third-order valence-electron chi connectivity index (χ3n) is 0.675. The number of hydrogen-bond donors (Lipinski definition) is 1. The molecule has 0 aliphatic rings. The van der Waals surface area contributed by atoms with Crippen molar-refractivity contribution in [3.8, 4) is 0 Å². The highest BCUT2D eigenvalue weighted by molar-refractivity contribution is 9.09. The Morgan fingerprint density at radius 3 is 2.50 bits per heavy atom. The molecular weight excluding hydrogens is 174 g/mol. The number of hydrogen-bond acceptors (Lipinski definition) is 3. The number of nitrogens with zero attached hydrogens (tertiary/aromatic N) is 1. The first-order chi connectivity index (χ1) is 3.72. The van der Waals surface area contributed by atoms with E-state index in [-0.39, 0.29) is 16.8 Å². The molecule has 0 amide bonds. The van der Waals surface area contributed by atoms with Gasteiger partial charge in [0.1, 0.15) is 5.71 Å². The van der Waals surface area contributed by atoms with Crippen molar-refractivity contribution in [1.29, 1.82) is 0 Å². The first-order valence-electron chi connectivity index (χ1n) is 2.00. The van der Waals surface area contributed by atoms with Crippen LogP contribution in [-0.2, 0) is 4.79 Å². The standard InChI is InChI=1S/C4H6BrNO2/c1-3(6-8)4(7)2-5/h8H,2H2,1H3/b6-3+. The summed E-state index contributed by atoms with van der Waals surface area (Å²) in [6.45, 7) is 1.45. The zero-order chi connectivity index (χ0) is 6.57. The molecule has 8 heavy (non-hydrogen) atoms.